The van der Waals surface area contributed by atoms with Crippen LogP contribution >= 0.6 is 0 Å². The molecule has 10 heavy (non-hydrogen) atoms. The van der Waals surface area contributed by atoms with Crippen molar-refractivity contribution in [3.63, 3.8) is 0 Å². The Bertz CT molecular complexity index is 141. The Kier molecular flexibility index (Phi) is 4.58. The summed E-state index contributed by atoms with van der Waals surface area (Å²) in [5, 5.41) is 0. The van der Waals surface area contributed by atoms with Crippen LogP contribution in [0.5, 0.6) is 0 Å². The van der Waals surface area contributed by atoms with Crippen LogP contribution in [0, 0.1) is 0 Å². The summed E-state index contributed by atoms with van der Waals surface area (Å²) in [6.45, 7) is 3.72. The van der Waals surface area contributed by atoms with Gasteiger partial charge in [-0.05, 0) is 13.3 Å². The predicted molar refractivity (Wildman–Crippen MR) is 38.9 cm³/mol. The summed E-state index contributed by atoms with van der Waals surface area (Å²) in [6.07, 6.45) is 3.73. The summed E-state index contributed by atoms with van der Waals surface area (Å²) in [5.74, 6) is 4.20. The fourth-order valence-electron chi connectivity index (χ4n) is 0.537. The van der Waals surface area contributed by atoms with Crippen LogP contribution in [-0.2, 0) is 9.63 Å². The molecule has 0 aliphatic heterocycles. The summed E-state index contributed by atoms with van der Waals surface area (Å²) >= 11 is 0. The Labute approximate surface area is 60.8 Å². The zero-order chi connectivity index (χ0) is 7.98. The average molecular weight is 143 g/mol. The molecule has 0 aliphatic rings. The Morgan fingerprint density at radius 1 is 1.70 bits per heavy atom. The van der Waals surface area contributed by atoms with Crippen LogP contribution in [0.25, 0.3) is 0 Å². The predicted octanol–water partition coefficient (Wildman–Crippen LogP) is 1.15. The van der Waals surface area contributed by atoms with Crippen molar-refractivity contribution in [3.8, 4) is 0 Å². The van der Waals surface area contributed by atoms with Crippen molar-refractivity contribution in [2.24, 2.45) is 5.90 Å². The second kappa shape index (κ2) is 4.99. The minimum atomic E-state index is -0.451. The van der Waals surface area contributed by atoms with Gasteiger partial charge in [0, 0.05) is 5.57 Å². The molecule has 0 aliphatic carbocycles. The van der Waals surface area contributed by atoms with E-state index in [9.17, 15) is 4.79 Å². The molecule has 0 aromatic heterocycles. The van der Waals surface area contributed by atoms with E-state index in [1.807, 2.05) is 13.0 Å². The zero-order valence-electron chi connectivity index (χ0n) is 6.39. The lowest BCUT2D eigenvalue weighted by atomic mass is 10.2. The number of allylic oxidation sites excluding steroid dienone is 1. The molecule has 0 radical (unpaired) electrons. The van der Waals surface area contributed by atoms with E-state index < -0.39 is 5.97 Å². The molecular weight excluding hydrogens is 130 g/mol. The first-order valence-electron chi connectivity index (χ1n) is 3.30. The molecular formula is C7H13NO2. The molecule has 0 saturated carbocycles. The Hall–Kier alpha value is -0.830. The highest BCUT2D eigenvalue weighted by molar-refractivity contribution is 5.87. The smallest absolute Gasteiger partial charge is 0.351 e. The van der Waals surface area contributed by atoms with Gasteiger partial charge in [0.05, 0.1) is 0 Å². The summed E-state index contributed by atoms with van der Waals surface area (Å²) in [7, 11) is 0. The summed E-state index contributed by atoms with van der Waals surface area (Å²) in [6, 6.07) is 0. The second-order valence-corrected chi connectivity index (χ2v) is 2.08. The maximum absolute atomic E-state index is 10.6. The van der Waals surface area contributed by atoms with Gasteiger partial charge in [0.25, 0.3) is 0 Å². The maximum atomic E-state index is 10.6. The number of carbonyl (C=O) groups is 1. The van der Waals surface area contributed by atoms with E-state index >= 15 is 0 Å². The monoisotopic (exact) mass is 143 g/mol. The van der Waals surface area contributed by atoms with E-state index in [4.69, 9.17) is 0 Å². The lowest BCUT2D eigenvalue weighted by Gasteiger charge is -1.95. The normalized spacial score (nSPS) is 11.3. The summed E-state index contributed by atoms with van der Waals surface area (Å²) in [4.78, 5) is 14.6. The van der Waals surface area contributed by atoms with E-state index in [1.165, 1.54) is 0 Å². The molecule has 0 heterocycles. The molecule has 0 aromatic carbocycles. The minimum Gasteiger partial charge on any atom is -0.370 e. The molecule has 3 heteroatoms. The summed E-state index contributed by atoms with van der Waals surface area (Å²) < 4.78 is 0. The van der Waals surface area contributed by atoms with Crippen molar-refractivity contribution in [3.05, 3.63) is 11.6 Å². The third-order valence-electron chi connectivity index (χ3n) is 1.17. The quantitative estimate of drug-likeness (QED) is 0.476. The number of unbranched alkanes of at least 4 members (excludes halogenated alkanes) is 1. The van der Waals surface area contributed by atoms with Gasteiger partial charge < -0.3 is 4.84 Å². The third kappa shape index (κ3) is 3.25. The highest BCUT2D eigenvalue weighted by Crippen LogP contribution is 1.98. The lowest BCUT2D eigenvalue weighted by Crippen LogP contribution is -2.10. The van der Waals surface area contributed by atoms with Crippen molar-refractivity contribution in [2.45, 2.75) is 26.7 Å². The van der Waals surface area contributed by atoms with Crippen molar-refractivity contribution in [2.75, 3.05) is 0 Å². The molecule has 0 aromatic rings. The average Bonchev–Trinajstić information content (AvgIpc) is 1.98. The standard InChI is InChI=1S/C7H13NO2/c1-3-4-5-6(2)7(9)10-8/h5H,3-4,8H2,1-2H3. The Morgan fingerprint density at radius 2 is 2.30 bits per heavy atom. The third-order valence-corrected chi connectivity index (χ3v) is 1.17. The lowest BCUT2D eigenvalue weighted by molar-refractivity contribution is -0.139. The van der Waals surface area contributed by atoms with Crippen molar-refractivity contribution in [1.29, 1.82) is 0 Å². The van der Waals surface area contributed by atoms with Gasteiger partial charge in [-0.3, -0.25) is 0 Å². The van der Waals surface area contributed by atoms with Crippen molar-refractivity contribution < 1.29 is 9.63 Å². The first-order chi connectivity index (χ1) is 4.72. The number of hydrogen-bond donors (Lipinski definition) is 1. The molecule has 0 bridgehead atoms. The first kappa shape index (κ1) is 9.17. The largest absolute Gasteiger partial charge is 0.370 e. The highest BCUT2D eigenvalue weighted by Gasteiger charge is 2.00. The van der Waals surface area contributed by atoms with Gasteiger partial charge in [-0.2, -0.15) is 5.90 Å². The van der Waals surface area contributed by atoms with Crippen LogP contribution in [0.2, 0.25) is 0 Å². The van der Waals surface area contributed by atoms with Crippen LogP contribution in [-0.4, -0.2) is 5.97 Å². The van der Waals surface area contributed by atoms with Gasteiger partial charge in [0.15, 0.2) is 0 Å². The Morgan fingerprint density at radius 3 is 2.70 bits per heavy atom. The molecule has 0 rings (SSSR count). The Balaban J connectivity index is 3.80. The van der Waals surface area contributed by atoms with E-state index in [-0.39, 0.29) is 0 Å². The summed E-state index contributed by atoms with van der Waals surface area (Å²) in [5.41, 5.74) is 0.573. The van der Waals surface area contributed by atoms with Crippen LogP contribution in [0.15, 0.2) is 11.6 Å². The SMILES string of the molecule is CCCC=C(C)C(=O)ON. The fourth-order valence-corrected chi connectivity index (χ4v) is 0.537. The number of hydrogen-bond acceptors (Lipinski definition) is 3. The van der Waals surface area contributed by atoms with Gasteiger partial charge in [-0.25, -0.2) is 4.79 Å². The molecule has 0 fully saturated rings. The van der Waals surface area contributed by atoms with Crippen molar-refractivity contribution in [1.82, 2.24) is 0 Å². The number of nitrogens with two attached hydrogens (primary N) is 1. The van der Waals surface area contributed by atoms with Crippen LogP contribution in [0.3, 0.4) is 0 Å². The fraction of sp³-hybridized carbons (Fsp3) is 0.571. The molecule has 0 saturated heterocycles. The molecule has 3 nitrogen and oxygen atoms in total. The molecule has 0 amide bonds. The highest BCUT2D eigenvalue weighted by atomic mass is 16.7. The molecule has 0 unspecified atom stereocenters. The van der Waals surface area contributed by atoms with E-state index in [0.717, 1.165) is 12.8 Å². The van der Waals surface area contributed by atoms with Gasteiger partial charge in [-0.15, -0.1) is 0 Å². The van der Waals surface area contributed by atoms with Crippen LogP contribution in [0.1, 0.15) is 26.7 Å². The molecule has 0 spiro atoms. The van der Waals surface area contributed by atoms with Gasteiger partial charge in [0.1, 0.15) is 0 Å². The minimum absolute atomic E-state index is 0.451. The second-order valence-electron chi connectivity index (χ2n) is 2.08. The van der Waals surface area contributed by atoms with Gasteiger partial charge >= 0.3 is 5.97 Å². The maximum Gasteiger partial charge on any atom is 0.351 e. The van der Waals surface area contributed by atoms with E-state index in [2.05, 4.69) is 10.7 Å². The zero-order valence-corrected chi connectivity index (χ0v) is 6.39. The molecule has 2 N–H and O–H groups in total. The van der Waals surface area contributed by atoms with Gasteiger partial charge in [-0.1, -0.05) is 19.4 Å². The molecule has 0 atom stereocenters. The number of carbonyl (C=O) groups excluding carboxylic acids is 1. The van der Waals surface area contributed by atoms with Crippen LogP contribution in [0.4, 0.5) is 0 Å². The first-order valence-corrected chi connectivity index (χ1v) is 3.30. The molecule has 58 valence electrons. The van der Waals surface area contributed by atoms with E-state index in [0.29, 0.717) is 5.57 Å². The van der Waals surface area contributed by atoms with Crippen LogP contribution < -0.4 is 5.90 Å². The van der Waals surface area contributed by atoms with E-state index in [1.54, 1.807) is 6.92 Å². The van der Waals surface area contributed by atoms with Gasteiger partial charge in [0.2, 0.25) is 0 Å². The number of rotatable bonds is 3. The van der Waals surface area contributed by atoms with Crippen molar-refractivity contribution >= 4 is 5.97 Å². The topological polar surface area (TPSA) is 52.3 Å².